The molecular formula is C62H142N18O9. The fraction of sp³-hybridized carbons (Fsp3) is 0.871. The van der Waals surface area contributed by atoms with Gasteiger partial charge in [-0.1, -0.05) is 78.6 Å². The maximum atomic E-state index is 10.7. The molecule has 0 aromatic carbocycles. The SMILES string of the molecule is CC(=N)CCCCC(=N)N.CC(=O)[C@@H](N)CCCCCN.CC(=O)[C@@H](N)CCCN=C(N)N.CC(=O)[C@H](N)CCCCCN.CC(=O)[C@H](N)CCCN=C(N)N.CCCCCCCN.CCCCOCCOCCOCCCN.CCCOCCOCCN. The summed E-state index contributed by atoms with van der Waals surface area (Å²) in [4.78, 5) is 50.2. The number of Topliss-reactive ketones (excluding diaryl/α,β-unsaturated/α-hetero) is 4. The van der Waals surface area contributed by atoms with Gasteiger partial charge in [-0.2, -0.15) is 0 Å². The lowest BCUT2D eigenvalue weighted by molar-refractivity contribution is -0.119. The number of nitrogens with two attached hydrogens (primary N) is 14. The van der Waals surface area contributed by atoms with Gasteiger partial charge in [0.2, 0.25) is 0 Å². The van der Waals surface area contributed by atoms with Gasteiger partial charge in [-0.05, 0) is 157 Å². The van der Waals surface area contributed by atoms with Crippen LogP contribution in [0.1, 0.15) is 216 Å². The van der Waals surface area contributed by atoms with Crippen molar-refractivity contribution in [1.29, 1.82) is 10.8 Å². The van der Waals surface area contributed by atoms with Gasteiger partial charge in [0.1, 0.15) is 23.1 Å². The van der Waals surface area contributed by atoms with Gasteiger partial charge in [0.25, 0.3) is 0 Å². The second-order valence-electron chi connectivity index (χ2n) is 21.1. The van der Waals surface area contributed by atoms with Crippen molar-refractivity contribution in [2.45, 2.75) is 240 Å². The molecule has 0 spiro atoms. The van der Waals surface area contributed by atoms with E-state index in [1.165, 1.54) is 66.2 Å². The highest BCUT2D eigenvalue weighted by Crippen LogP contribution is 2.04. The monoisotopic (exact) mass is 1280 g/mol. The lowest BCUT2D eigenvalue weighted by atomic mass is 10.1. The van der Waals surface area contributed by atoms with Crippen LogP contribution >= 0.6 is 0 Å². The fourth-order valence-corrected chi connectivity index (χ4v) is 6.20. The zero-order valence-corrected chi connectivity index (χ0v) is 57.7. The summed E-state index contributed by atoms with van der Waals surface area (Å²) < 4.78 is 26.2. The molecule has 0 saturated heterocycles. The first-order valence-electron chi connectivity index (χ1n) is 32.7. The van der Waals surface area contributed by atoms with E-state index in [2.05, 4.69) is 30.8 Å². The van der Waals surface area contributed by atoms with E-state index in [0.717, 1.165) is 142 Å². The van der Waals surface area contributed by atoms with Gasteiger partial charge in [0.05, 0.1) is 76.3 Å². The Morgan fingerprint density at radius 1 is 0.337 bits per heavy atom. The standard InChI is InChI=1S/C11H25NO3.2C8H18N2O.2C7H16N4O.C7H15N3.C7H17NO2.C7H17N/c1-2-3-6-13-8-10-15-11-9-14-7-4-5-12;2*1-7(11)8(10)5-3-2-4-6-9;2*1-5(12)6(8)3-2-4-11-7(9)10;1-6(8)4-2-3-5-7(9)10;1-2-4-9-6-7-10-5-3-8;1-2-3-4-5-6-7-8/h2-12H2,1H3;2*8H,2-6,9-10H2,1H3;2*6H,2-4,8H2,1H3,(H4,9,10,11);8H,2-5H2,1H3,(H3,9,10);2-8H2,1H3;2-8H2,1H3/t;2*8-;2*6-;;;/m.1010.../s1. The molecule has 4 atom stereocenters. The molecule has 0 aliphatic carbocycles. The molecule has 0 amide bonds. The first-order chi connectivity index (χ1) is 42.3. The summed E-state index contributed by atoms with van der Waals surface area (Å²) in [6.45, 7) is 26.0. The highest BCUT2D eigenvalue weighted by molar-refractivity contribution is 5.82. The number of guanidine groups is 2. The quantitative estimate of drug-likeness (QED) is 0.0234. The molecule has 0 aliphatic heterocycles. The Morgan fingerprint density at radius 2 is 0.640 bits per heavy atom. The topological polar surface area (TPSA) is 551 Å². The molecule has 0 rings (SSSR count). The van der Waals surface area contributed by atoms with Crippen LogP contribution in [0.5, 0.6) is 0 Å². The third kappa shape index (κ3) is 118. The highest BCUT2D eigenvalue weighted by atomic mass is 16.5. The Labute approximate surface area is 540 Å². The molecule has 27 heteroatoms. The summed E-state index contributed by atoms with van der Waals surface area (Å²) in [5.41, 5.74) is 74.7. The van der Waals surface area contributed by atoms with E-state index in [1.807, 2.05) is 0 Å². The van der Waals surface area contributed by atoms with Gasteiger partial charge in [0, 0.05) is 51.6 Å². The number of ether oxygens (including phenoxy) is 5. The van der Waals surface area contributed by atoms with E-state index in [-0.39, 0.29) is 65.1 Å². The zero-order chi connectivity index (χ0) is 69.6. The van der Waals surface area contributed by atoms with Crippen LogP contribution in [0.2, 0.25) is 0 Å². The molecule has 0 aromatic rings. The third-order valence-corrected chi connectivity index (χ3v) is 11.9. The van der Waals surface area contributed by atoms with Crippen molar-refractivity contribution in [3.63, 3.8) is 0 Å². The van der Waals surface area contributed by atoms with Crippen molar-refractivity contribution < 1.29 is 42.9 Å². The molecule has 534 valence electrons. The summed E-state index contributed by atoms with van der Waals surface area (Å²) in [6.07, 6.45) is 24.9. The van der Waals surface area contributed by atoms with Crippen LogP contribution in [0, 0.1) is 10.8 Å². The van der Waals surface area contributed by atoms with Crippen molar-refractivity contribution in [3.05, 3.63) is 0 Å². The summed E-state index contributed by atoms with van der Waals surface area (Å²) in [5.74, 6) is 0.565. The number of hydrogen-bond donors (Lipinski definition) is 16. The minimum Gasteiger partial charge on any atom is -0.388 e. The maximum absolute atomic E-state index is 10.7. The molecule has 0 aliphatic rings. The van der Waals surface area contributed by atoms with Gasteiger partial charge < -0.3 is 109 Å². The van der Waals surface area contributed by atoms with Crippen LogP contribution < -0.4 is 80.3 Å². The highest BCUT2D eigenvalue weighted by Gasteiger charge is 2.09. The number of nitrogens with zero attached hydrogens (tertiary/aromatic N) is 2. The van der Waals surface area contributed by atoms with Crippen molar-refractivity contribution in [2.24, 2.45) is 90.3 Å². The molecule has 0 fully saturated rings. The Kier molecular flexibility index (Phi) is 99.8. The number of ketones is 4. The first kappa shape index (κ1) is 101. The average Bonchev–Trinajstić information content (AvgIpc) is 3.49. The van der Waals surface area contributed by atoms with Gasteiger partial charge in [-0.15, -0.1) is 0 Å². The summed E-state index contributed by atoms with van der Waals surface area (Å²) in [7, 11) is 0. The van der Waals surface area contributed by atoms with E-state index in [4.69, 9.17) is 115 Å². The van der Waals surface area contributed by atoms with Crippen molar-refractivity contribution in [3.8, 4) is 0 Å². The fourth-order valence-electron chi connectivity index (χ4n) is 6.20. The number of aliphatic imine (C=N–C) groups is 2. The van der Waals surface area contributed by atoms with Crippen LogP contribution in [-0.4, -0.2) is 183 Å². The first-order valence-corrected chi connectivity index (χ1v) is 32.7. The smallest absolute Gasteiger partial charge is 0.185 e. The normalized spacial score (nSPS) is 11.4. The van der Waals surface area contributed by atoms with Crippen molar-refractivity contribution in [1.82, 2.24) is 0 Å². The molecule has 0 heterocycles. The number of rotatable bonds is 51. The van der Waals surface area contributed by atoms with Gasteiger partial charge in [-0.25, -0.2) is 0 Å². The molecule has 0 bridgehead atoms. The molecule has 0 saturated carbocycles. The van der Waals surface area contributed by atoms with Crippen LogP contribution in [0.25, 0.3) is 0 Å². The largest absolute Gasteiger partial charge is 0.388 e. The number of unbranched alkanes of at least 4 members (excludes halogenated alkanes) is 10. The number of carbonyl (C=O) groups excluding carboxylic acids is 4. The number of carbonyl (C=O) groups is 4. The second-order valence-corrected chi connectivity index (χ2v) is 21.1. The summed E-state index contributed by atoms with van der Waals surface area (Å²) in [5, 5.41) is 14.0. The Morgan fingerprint density at radius 3 is 0.944 bits per heavy atom. The summed E-state index contributed by atoms with van der Waals surface area (Å²) >= 11 is 0. The van der Waals surface area contributed by atoms with E-state index in [1.54, 1.807) is 6.92 Å². The minimum atomic E-state index is -0.376. The van der Waals surface area contributed by atoms with Gasteiger partial charge in [0.15, 0.2) is 11.9 Å². The van der Waals surface area contributed by atoms with Crippen LogP contribution in [-0.2, 0) is 42.9 Å². The zero-order valence-electron chi connectivity index (χ0n) is 57.7. The molecule has 0 radical (unpaired) electrons. The lowest BCUT2D eigenvalue weighted by Crippen LogP contribution is -2.28. The predicted octanol–water partition coefficient (Wildman–Crippen LogP) is 3.77. The number of amidine groups is 1. The van der Waals surface area contributed by atoms with Crippen LogP contribution in [0.4, 0.5) is 0 Å². The van der Waals surface area contributed by atoms with Crippen molar-refractivity contribution >= 4 is 46.6 Å². The predicted molar refractivity (Wildman–Crippen MR) is 373 cm³/mol. The van der Waals surface area contributed by atoms with Gasteiger partial charge >= 0.3 is 0 Å². The molecule has 27 nitrogen and oxygen atoms in total. The molecule has 0 unspecified atom stereocenters. The number of hydrogen-bond acceptors (Lipinski definition) is 22. The van der Waals surface area contributed by atoms with E-state index < -0.39 is 0 Å². The Bertz CT molecular complexity index is 1460. The van der Waals surface area contributed by atoms with Crippen LogP contribution in [0.3, 0.4) is 0 Å². The van der Waals surface area contributed by atoms with E-state index in [0.29, 0.717) is 97.4 Å². The number of nitrogens with one attached hydrogen (secondary N) is 2. The molecule has 0 aromatic heterocycles. The van der Waals surface area contributed by atoms with Crippen molar-refractivity contribution in [2.75, 3.05) is 112 Å². The van der Waals surface area contributed by atoms with Gasteiger partial charge in [-0.3, -0.25) is 34.6 Å². The van der Waals surface area contributed by atoms with Crippen LogP contribution in [0.15, 0.2) is 9.98 Å². The average molecular weight is 1280 g/mol. The van der Waals surface area contributed by atoms with E-state index in [9.17, 15) is 19.2 Å². The minimum absolute atomic E-state index is 0.000278. The Balaban J connectivity index is -0.000000141. The second kappa shape index (κ2) is 88.0. The Hall–Kier alpha value is -4.20. The van der Waals surface area contributed by atoms with E-state index >= 15 is 0 Å². The molecule has 89 heavy (non-hydrogen) atoms. The third-order valence-electron chi connectivity index (χ3n) is 11.9. The lowest BCUT2D eigenvalue weighted by Gasteiger charge is -2.06. The maximum Gasteiger partial charge on any atom is 0.185 e. The molecular weight excluding hydrogens is 1140 g/mol. The summed E-state index contributed by atoms with van der Waals surface area (Å²) in [6, 6.07) is -1.26. The molecule has 30 N–H and O–H groups in total.